The van der Waals surface area contributed by atoms with Crippen LogP contribution in [0.3, 0.4) is 0 Å². The largest absolute Gasteiger partial charge is 0.468 e. The van der Waals surface area contributed by atoms with Crippen molar-refractivity contribution in [2.24, 2.45) is 29.1 Å². The third-order valence-corrected chi connectivity index (χ3v) is 5.44. The molecular weight excluding hydrogens is 226 g/mol. The lowest BCUT2D eigenvalue weighted by atomic mass is 9.48. The Morgan fingerprint density at radius 1 is 1.28 bits per heavy atom. The minimum Gasteiger partial charge on any atom is -0.468 e. The van der Waals surface area contributed by atoms with Crippen LogP contribution in [0.1, 0.15) is 44.9 Å². The maximum Gasteiger partial charge on any atom is 0.323 e. The molecule has 4 bridgehead atoms. The van der Waals surface area contributed by atoms with Crippen molar-refractivity contribution in [3.8, 4) is 6.07 Å². The monoisotopic (exact) mass is 247 g/mol. The van der Waals surface area contributed by atoms with Gasteiger partial charge in [-0.05, 0) is 68.1 Å². The first-order valence-electron chi connectivity index (χ1n) is 7.11. The molecule has 0 amide bonds. The standard InChI is InChI=1S/C15H21NO2/c1-18-14(17)13(9-16)8-15-5-10-2-11(6-15)4-12(3-10)7-15/h10-13H,2-8H2,1H3. The summed E-state index contributed by atoms with van der Waals surface area (Å²) in [6, 6.07) is 2.15. The van der Waals surface area contributed by atoms with Gasteiger partial charge in [-0.25, -0.2) is 0 Å². The van der Waals surface area contributed by atoms with Crippen LogP contribution >= 0.6 is 0 Å². The predicted molar refractivity (Wildman–Crippen MR) is 66.3 cm³/mol. The molecule has 0 heterocycles. The zero-order chi connectivity index (χ0) is 12.8. The van der Waals surface area contributed by atoms with Crippen molar-refractivity contribution in [1.82, 2.24) is 0 Å². The van der Waals surface area contributed by atoms with E-state index in [9.17, 15) is 10.1 Å². The van der Waals surface area contributed by atoms with Gasteiger partial charge in [0.2, 0.25) is 0 Å². The number of nitrogens with zero attached hydrogens (tertiary/aromatic N) is 1. The molecule has 0 radical (unpaired) electrons. The fourth-order valence-electron chi connectivity index (χ4n) is 5.30. The zero-order valence-corrected chi connectivity index (χ0v) is 11.0. The van der Waals surface area contributed by atoms with Crippen molar-refractivity contribution < 1.29 is 9.53 Å². The number of esters is 1. The van der Waals surface area contributed by atoms with Crippen molar-refractivity contribution in [1.29, 1.82) is 5.26 Å². The Hall–Kier alpha value is -1.04. The van der Waals surface area contributed by atoms with E-state index in [1.165, 1.54) is 45.6 Å². The average molecular weight is 247 g/mol. The van der Waals surface area contributed by atoms with Crippen LogP contribution in [0.15, 0.2) is 0 Å². The van der Waals surface area contributed by atoms with Crippen LogP contribution in [-0.4, -0.2) is 13.1 Å². The first-order chi connectivity index (χ1) is 8.64. The van der Waals surface area contributed by atoms with Crippen LogP contribution in [-0.2, 0) is 9.53 Å². The minimum atomic E-state index is -0.550. The molecule has 0 spiro atoms. The third kappa shape index (κ3) is 1.92. The van der Waals surface area contributed by atoms with Gasteiger partial charge in [0.05, 0.1) is 13.2 Å². The van der Waals surface area contributed by atoms with E-state index < -0.39 is 5.92 Å². The van der Waals surface area contributed by atoms with Gasteiger partial charge in [-0.3, -0.25) is 4.79 Å². The summed E-state index contributed by atoms with van der Waals surface area (Å²) in [4.78, 5) is 11.6. The van der Waals surface area contributed by atoms with Gasteiger partial charge in [0.25, 0.3) is 0 Å². The molecule has 4 saturated carbocycles. The molecular formula is C15H21NO2. The Balaban J connectivity index is 1.75. The highest BCUT2D eigenvalue weighted by Crippen LogP contribution is 2.62. The normalized spacial score (nSPS) is 42.3. The number of rotatable bonds is 3. The van der Waals surface area contributed by atoms with Gasteiger partial charge in [0, 0.05) is 0 Å². The van der Waals surface area contributed by atoms with E-state index >= 15 is 0 Å². The Labute approximate surface area is 108 Å². The molecule has 4 rings (SSSR count). The topological polar surface area (TPSA) is 50.1 Å². The first kappa shape index (κ1) is 12.0. The summed E-state index contributed by atoms with van der Waals surface area (Å²) >= 11 is 0. The predicted octanol–water partition coefficient (Wildman–Crippen LogP) is 2.91. The second kappa shape index (κ2) is 4.26. The average Bonchev–Trinajstić information content (AvgIpc) is 2.33. The molecule has 4 aliphatic rings. The van der Waals surface area contributed by atoms with Crippen LogP contribution in [0.5, 0.6) is 0 Å². The summed E-state index contributed by atoms with van der Waals surface area (Å²) < 4.78 is 4.76. The van der Waals surface area contributed by atoms with Gasteiger partial charge in [0.1, 0.15) is 5.92 Å². The summed E-state index contributed by atoms with van der Waals surface area (Å²) in [5.41, 5.74) is 0.281. The number of hydrogen-bond acceptors (Lipinski definition) is 3. The molecule has 0 saturated heterocycles. The molecule has 0 aromatic carbocycles. The molecule has 18 heavy (non-hydrogen) atoms. The SMILES string of the molecule is COC(=O)C(C#N)CC12CC3CC(CC(C3)C1)C2. The van der Waals surface area contributed by atoms with E-state index in [0.29, 0.717) is 0 Å². The quantitative estimate of drug-likeness (QED) is 0.720. The fourth-order valence-corrected chi connectivity index (χ4v) is 5.30. The number of nitriles is 1. The highest BCUT2D eigenvalue weighted by Gasteiger charge is 2.51. The van der Waals surface area contributed by atoms with Crippen molar-refractivity contribution >= 4 is 5.97 Å². The molecule has 98 valence electrons. The molecule has 3 nitrogen and oxygen atoms in total. The smallest absolute Gasteiger partial charge is 0.323 e. The summed E-state index contributed by atoms with van der Waals surface area (Å²) in [6.45, 7) is 0. The Morgan fingerprint density at radius 2 is 1.78 bits per heavy atom. The maximum atomic E-state index is 11.6. The summed E-state index contributed by atoms with van der Waals surface area (Å²) in [5.74, 6) is 1.72. The summed E-state index contributed by atoms with van der Waals surface area (Å²) in [6.07, 6.45) is 8.66. The van der Waals surface area contributed by atoms with Crippen LogP contribution in [0.4, 0.5) is 0 Å². The Morgan fingerprint density at radius 3 is 2.17 bits per heavy atom. The maximum absolute atomic E-state index is 11.6. The minimum absolute atomic E-state index is 0.281. The second-order valence-corrected chi connectivity index (χ2v) is 6.83. The fraction of sp³-hybridized carbons (Fsp3) is 0.867. The van der Waals surface area contributed by atoms with Crippen molar-refractivity contribution in [2.75, 3.05) is 7.11 Å². The molecule has 0 aromatic heterocycles. The van der Waals surface area contributed by atoms with E-state index in [0.717, 1.165) is 24.2 Å². The Kier molecular flexibility index (Phi) is 2.84. The molecule has 0 N–H and O–H groups in total. The summed E-state index contributed by atoms with van der Waals surface area (Å²) in [5, 5.41) is 9.18. The van der Waals surface area contributed by atoms with E-state index in [1.54, 1.807) is 0 Å². The number of methoxy groups -OCH3 is 1. The lowest BCUT2D eigenvalue weighted by Crippen LogP contribution is -2.47. The van der Waals surface area contributed by atoms with Gasteiger partial charge < -0.3 is 4.74 Å². The molecule has 1 unspecified atom stereocenters. The van der Waals surface area contributed by atoms with Crippen LogP contribution in [0, 0.1) is 40.4 Å². The van der Waals surface area contributed by atoms with Gasteiger partial charge in [-0.1, -0.05) is 0 Å². The number of hydrogen-bond donors (Lipinski definition) is 0. The van der Waals surface area contributed by atoms with E-state index in [4.69, 9.17) is 4.74 Å². The zero-order valence-electron chi connectivity index (χ0n) is 11.0. The molecule has 0 aliphatic heterocycles. The van der Waals surface area contributed by atoms with Crippen LogP contribution in [0.2, 0.25) is 0 Å². The van der Waals surface area contributed by atoms with Gasteiger partial charge in [-0.15, -0.1) is 0 Å². The summed E-state index contributed by atoms with van der Waals surface area (Å²) in [7, 11) is 1.38. The molecule has 4 aliphatic carbocycles. The molecule has 3 heteroatoms. The van der Waals surface area contributed by atoms with Gasteiger partial charge >= 0.3 is 5.97 Å². The van der Waals surface area contributed by atoms with Crippen molar-refractivity contribution in [2.45, 2.75) is 44.9 Å². The van der Waals surface area contributed by atoms with Crippen LogP contribution < -0.4 is 0 Å². The molecule has 1 atom stereocenters. The molecule has 0 aromatic rings. The van der Waals surface area contributed by atoms with Gasteiger partial charge in [-0.2, -0.15) is 5.26 Å². The lowest BCUT2D eigenvalue weighted by Gasteiger charge is -2.57. The number of carbonyl (C=O) groups is 1. The second-order valence-electron chi connectivity index (χ2n) is 6.83. The third-order valence-electron chi connectivity index (χ3n) is 5.44. The van der Waals surface area contributed by atoms with E-state index in [1.807, 2.05) is 0 Å². The lowest BCUT2D eigenvalue weighted by molar-refractivity contribution is -0.146. The Bertz CT molecular complexity index is 361. The van der Waals surface area contributed by atoms with Crippen molar-refractivity contribution in [3.05, 3.63) is 0 Å². The first-order valence-corrected chi connectivity index (χ1v) is 7.11. The highest BCUT2D eigenvalue weighted by atomic mass is 16.5. The van der Waals surface area contributed by atoms with Crippen molar-refractivity contribution in [3.63, 3.8) is 0 Å². The van der Waals surface area contributed by atoms with E-state index in [2.05, 4.69) is 6.07 Å². The van der Waals surface area contributed by atoms with Crippen LogP contribution in [0.25, 0.3) is 0 Å². The number of ether oxygens (including phenoxy) is 1. The van der Waals surface area contributed by atoms with E-state index in [-0.39, 0.29) is 11.4 Å². The number of carbonyl (C=O) groups excluding carboxylic acids is 1. The highest BCUT2D eigenvalue weighted by molar-refractivity contribution is 5.75. The molecule has 4 fully saturated rings. The van der Waals surface area contributed by atoms with Gasteiger partial charge in [0.15, 0.2) is 0 Å².